The first kappa shape index (κ1) is 32.3. The van der Waals surface area contributed by atoms with Crippen molar-refractivity contribution < 1.29 is 4.74 Å². The van der Waals surface area contributed by atoms with Gasteiger partial charge in [0.15, 0.2) is 5.82 Å². The zero-order chi connectivity index (χ0) is 37.1. The molecule has 3 unspecified atom stereocenters. The third-order valence-electron chi connectivity index (χ3n) is 11.9. The smallest absolute Gasteiger partial charge is 0.160 e. The molecule has 1 aromatic heterocycles. The second-order valence-corrected chi connectivity index (χ2v) is 14.8. The maximum Gasteiger partial charge on any atom is 0.160 e. The molecule has 3 atom stereocenters. The Morgan fingerprint density at radius 2 is 1.02 bits per heavy atom. The SMILES string of the molecule is C1=CC2c3ccccc3C3(c4ccccc4Oc4c(-c5ccc(-c6cccc(-c7nc(-c8ccccc8)cc(-c8ccccc8)n7)c6)cc5)cccc43)C2C=C1. The number of para-hydroxylation sites is 2. The van der Waals surface area contributed by atoms with Crippen LogP contribution < -0.4 is 4.74 Å². The first-order valence-electron chi connectivity index (χ1n) is 19.3. The summed E-state index contributed by atoms with van der Waals surface area (Å²) in [6.45, 7) is 0. The van der Waals surface area contributed by atoms with Crippen LogP contribution in [0.3, 0.4) is 0 Å². The van der Waals surface area contributed by atoms with E-state index in [1.807, 2.05) is 36.4 Å². The minimum absolute atomic E-state index is 0.236. The monoisotopic (exact) mass is 716 g/mol. The van der Waals surface area contributed by atoms with Crippen molar-refractivity contribution in [3.8, 4) is 67.7 Å². The number of nitrogens with zero attached hydrogens (tertiary/aromatic N) is 2. The fraction of sp³-hybridized carbons (Fsp3) is 0.0566. The first-order chi connectivity index (χ1) is 27.8. The number of aromatic nitrogens is 2. The molecular weight excluding hydrogens is 681 g/mol. The molecule has 0 saturated heterocycles. The summed E-state index contributed by atoms with van der Waals surface area (Å²) in [5.74, 6) is 3.09. The Kier molecular flexibility index (Phi) is 7.53. The van der Waals surface area contributed by atoms with Gasteiger partial charge in [0.25, 0.3) is 0 Å². The minimum atomic E-state index is -0.372. The highest BCUT2D eigenvalue weighted by atomic mass is 16.5. The van der Waals surface area contributed by atoms with Crippen molar-refractivity contribution in [1.29, 1.82) is 0 Å². The Labute approximate surface area is 327 Å². The fourth-order valence-electron chi connectivity index (χ4n) is 9.38. The number of rotatable bonds is 5. The lowest BCUT2D eigenvalue weighted by Gasteiger charge is -2.43. The normalized spacial score (nSPS) is 18.4. The molecule has 1 aliphatic heterocycles. The maximum absolute atomic E-state index is 6.95. The molecule has 1 spiro atoms. The van der Waals surface area contributed by atoms with Gasteiger partial charge < -0.3 is 4.74 Å². The van der Waals surface area contributed by atoms with Gasteiger partial charge in [-0.05, 0) is 46.0 Å². The van der Waals surface area contributed by atoms with E-state index < -0.39 is 0 Å². The lowest BCUT2D eigenvalue weighted by atomic mass is 9.61. The highest BCUT2D eigenvalue weighted by molar-refractivity contribution is 5.81. The van der Waals surface area contributed by atoms with Crippen molar-refractivity contribution in [1.82, 2.24) is 9.97 Å². The van der Waals surface area contributed by atoms with Gasteiger partial charge in [-0.25, -0.2) is 9.97 Å². The molecule has 3 nitrogen and oxygen atoms in total. The number of hydrogen-bond acceptors (Lipinski definition) is 3. The summed E-state index contributed by atoms with van der Waals surface area (Å²) in [4.78, 5) is 10.2. The van der Waals surface area contributed by atoms with Gasteiger partial charge in [0.2, 0.25) is 0 Å². The average Bonchev–Trinajstić information content (AvgIpc) is 3.57. The maximum atomic E-state index is 6.95. The van der Waals surface area contributed by atoms with Crippen molar-refractivity contribution >= 4 is 0 Å². The summed E-state index contributed by atoms with van der Waals surface area (Å²) in [5.41, 5.74) is 14.2. The molecule has 0 fully saturated rings. The Morgan fingerprint density at radius 1 is 0.429 bits per heavy atom. The standard InChI is InChI=1S/C53H36N2O/c1-3-15-37(16-4-1)48-34-49(38-17-5-2-6-18-38)55-52(54-48)40-20-13-19-39(33-40)35-29-31-36(32-30-35)41-23-14-27-47-51(41)56-50-28-12-11-26-46(50)53(47)44-24-9-7-21-42(44)43-22-8-10-25-45(43)53/h1-34,42,44H. The van der Waals surface area contributed by atoms with Gasteiger partial charge in [-0.15, -0.1) is 0 Å². The van der Waals surface area contributed by atoms with Crippen molar-refractivity contribution in [3.05, 3.63) is 229 Å². The predicted molar refractivity (Wildman–Crippen MR) is 227 cm³/mol. The minimum Gasteiger partial charge on any atom is -0.456 e. The summed E-state index contributed by atoms with van der Waals surface area (Å²) in [6, 6.07) is 64.5. The molecule has 3 aliphatic rings. The molecule has 0 saturated carbocycles. The Morgan fingerprint density at radius 3 is 1.79 bits per heavy atom. The zero-order valence-corrected chi connectivity index (χ0v) is 30.6. The third kappa shape index (κ3) is 5.05. The van der Waals surface area contributed by atoms with Crippen molar-refractivity contribution in [2.45, 2.75) is 11.3 Å². The van der Waals surface area contributed by atoms with Crippen LogP contribution in [0.4, 0.5) is 0 Å². The Balaban J connectivity index is 0.991. The molecule has 0 radical (unpaired) electrons. The summed E-state index contributed by atoms with van der Waals surface area (Å²) in [6.07, 6.45) is 9.21. The molecule has 2 aliphatic carbocycles. The number of hydrogen-bond donors (Lipinski definition) is 0. The van der Waals surface area contributed by atoms with E-state index in [9.17, 15) is 0 Å². The highest BCUT2D eigenvalue weighted by Crippen LogP contribution is 2.65. The topological polar surface area (TPSA) is 35.0 Å². The predicted octanol–water partition coefficient (Wildman–Crippen LogP) is 13.1. The lowest BCUT2D eigenvalue weighted by molar-refractivity contribution is 0.375. The van der Waals surface area contributed by atoms with Crippen molar-refractivity contribution in [3.63, 3.8) is 0 Å². The summed E-state index contributed by atoms with van der Waals surface area (Å²) in [7, 11) is 0. The zero-order valence-electron chi connectivity index (χ0n) is 30.6. The van der Waals surface area contributed by atoms with Crippen LogP contribution in [0.5, 0.6) is 11.5 Å². The van der Waals surface area contributed by atoms with Gasteiger partial charge in [-0.1, -0.05) is 188 Å². The number of allylic oxidation sites excluding steroid dienone is 4. The molecule has 7 aromatic carbocycles. The first-order valence-corrected chi connectivity index (χ1v) is 19.3. The van der Waals surface area contributed by atoms with Crippen LogP contribution in [0.2, 0.25) is 0 Å². The van der Waals surface area contributed by atoms with Gasteiger partial charge in [-0.2, -0.15) is 0 Å². The van der Waals surface area contributed by atoms with Crippen LogP contribution >= 0.6 is 0 Å². The third-order valence-corrected chi connectivity index (χ3v) is 11.9. The summed E-state index contributed by atoms with van der Waals surface area (Å²) < 4.78 is 6.95. The van der Waals surface area contributed by atoms with Crippen LogP contribution in [0.15, 0.2) is 206 Å². The molecule has 56 heavy (non-hydrogen) atoms. The largest absolute Gasteiger partial charge is 0.456 e. The van der Waals surface area contributed by atoms with E-state index in [-0.39, 0.29) is 11.3 Å². The Hall–Kier alpha value is -7.10. The molecule has 0 amide bonds. The van der Waals surface area contributed by atoms with Crippen molar-refractivity contribution in [2.24, 2.45) is 5.92 Å². The molecule has 264 valence electrons. The van der Waals surface area contributed by atoms with Gasteiger partial charge in [0.05, 0.1) is 16.8 Å². The molecule has 3 heteroatoms. The van der Waals surface area contributed by atoms with Gasteiger partial charge in [-0.3, -0.25) is 0 Å². The van der Waals surface area contributed by atoms with Gasteiger partial charge >= 0.3 is 0 Å². The number of benzene rings is 7. The van der Waals surface area contributed by atoms with E-state index in [0.29, 0.717) is 11.7 Å². The van der Waals surface area contributed by atoms with Crippen LogP contribution in [-0.4, -0.2) is 9.97 Å². The summed E-state index contributed by atoms with van der Waals surface area (Å²) in [5, 5.41) is 0. The number of fused-ring (bicyclic) bond motifs is 9. The van der Waals surface area contributed by atoms with E-state index in [1.165, 1.54) is 22.3 Å². The second-order valence-electron chi connectivity index (χ2n) is 14.8. The van der Waals surface area contributed by atoms with Crippen molar-refractivity contribution in [2.75, 3.05) is 0 Å². The molecule has 8 aromatic rings. The number of ether oxygens (including phenoxy) is 1. The van der Waals surface area contributed by atoms with Crippen LogP contribution in [0.1, 0.15) is 28.2 Å². The van der Waals surface area contributed by atoms with E-state index in [0.717, 1.165) is 61.8 Å². The lowest BCUT2D eigenvalue weighted by Crippen LogP contribution is -2.37. The van der Waals surface area contributed by atoms with E-state index in [4.69, 9.17) is 14.7 Å². The summed E-state index contributed by atoms with van der Waals surface area (Å²) >= 11 is 0. The van der Waals surface area contributed by atoms with Crippen LogP contribution in [-0.2, 0) is 5.41 Å². The quantitative estimate of drug-likeness (QED) is 0.178. The van der Waals surface area contributed by atoms with Crippen LogP contribution in [0.25, 0.3) is 56.2 Å². The van der Waals surface area contributed by atoms with Crippen LogP contribution in [0, 0.1) is 5.92 Å². The van der Waals surface area contributed by atoms with E-state index in [2.05, 4.69) is 170 Å². The molecular formula is C53H36N2O. The van der Waals surface area contributed by atoms with Gasteiger partial charge in [0.1, 0.15) is 11.5 Å². The Bertz CT molecular complexity index is 2780. The van der Waals surface area contributed by atoms with E-state index >= 15 is 0 Å². The average molecular weight is 717 g/mol. The van der Waals surface area contributed by atoms with E-state index in [1.54, 1.807) is 0 Å². The highest BCUT2D eigenvalue weighted by Gasteiger charge is 2.56. The molecule has 0 N–H and O–H groups in total. The fourth-order valence-corrected chi connectivity index (χ4v) is 9.38. The molecule has 11 rings (SSSR count). The second kappa shape index (κ2) is 13.0. The molecule has 2 heterocycles. The molecule has 0 bridgehead atoms. The van der Waals surface area contributed by atoms with Gasteiger partial charge in [0, 0.05) is 45.2 Å².